The molecular formula is C15H14N4O. The van der Waals surface area contributed by atoms with Crippen molar-refractivity contribution in [1.82, 2.24) is 19.7 Å². The molecule has 0 spiro atoms. The van der Waals surface area contributed by atoms with Crippen molar-refractivity contribution in [3.63, 3.8) is 0 Å². The van der Waals surface area contributed by atoms with Crippen molar-refractivity contribution in [2.45, 2.75) is 0 Å². The third-order valence-electron chi connectivity index (χ3n) is 3.08. The Hall–Kier alpha value is -2.69. The minimum atomic E-state index is 0.600. The lowest BCUT2D eigenvalue weighted by molar-refractivity contribution is 0.398. The third kappa shape index (κ3) is 2.25. The molecule has 0 bridgehead atoms. The van der Waals surface area contributed by atoms with E-state index in [1.165, 1.54) is 0 Å². The molecule has 0 aliphatic rings. The molecule has 5 nitrogen and oxygen atoms in total. The Morgan fingerprint density at radius 1 is 1.10 bits per heavy atom. The van der Waals surface area contributed by atoms with E-state index < -0.39 is 0 Å². The first-order valence-corrected chi connectivity index (χ1v) is 6.23. The summed E-state index contributed by atoms with van der Waals surface area (Å²) in [5.74, 6) is 0.600. The quantitative estimate of drug-likeness (QED) is 0.731. The van der Waals surface area contributed by atoms with E-state index in [1.54, 1.807) is 25.7 Å². The predicted molar refractivity (Wildman–Crippen MR) is 76.2 cm³/mol. The number of aryl methyl sites for hydroxylation is 1. The van der Waals surface area contributed by atoms with E-state index in [-0.39, 0.29) is 0 Å². The lowest BCUT2D eigenvalue weighted by Crippen LogP contribution is -1.94. The minimum Gasteiger partial charge on any atom is -0.481 e. The zero-order valence-corrected chi connectivity index (χ0v) is 11.3. The molecular weight excluding hydrogens is 252 g/mol. The van der Waals surface area contributed by atoms with Crippen molar-refractivity contribution < 1.29 is 4.74 Å². The van der Waals surface area contributed by atoms with Crippen molar-refractivity contribution in [3.8, 4) is 28.4 Å². The van der Waals surface area contributed by atoms with Gasteiger partial charge >= 0.3 is 0 Å². The normalized spacial score (nSPS) is 10.5. The molecule has 0 unspecified atom stereocenters. The summed E-state index contributed by atoms with van der Waals surface area (Å²) in [6.45, 7) is 0. The fourth-order valence-corrected chi connectivity index (χ4v) is 2.05. The zero-order chi connectivity index (χ0) is 13.9. The number of nitrogens with zero attached hydrogens (tertiary/aromatic N) is 4. The van der Waals surface area contributed by atoms with Crippen LogP contribution in [0, 0.1) is 0 Å². The van der Waals surface area contributed by atoms with Gasteiger partial charge in [0, 0.05) is 42.8 Å². The van der Waals surface area contributed by atoms with E-state index in [4.69, 9.17) is 4.74 Å². The summed E-state index contributed by atoms with van der Waals surface area (Å²) in [4.78, 5) is 8.34. The van der Waals surface area contributed by atoms with Gasteiger partial charge in [-0.05, 0) is 24.3 Å². The fraction of sp³-hybridized carbons (Fsp3) is 0.133. The maximum Gasteiger partial charge on any atom is 0.212 e. The van der Waals surface area contributed by atoms with Crippen LogP contribution < -0.4 is 4.74 Å². The molecule has 100 valence electrons. The van der Waals surface area contributed by atoms with Gasteiger partial charge in [0.15, 0.2) is 0 Å². The summed E-state index contributed by atoms with van der Waals surface area (Å²) in [7, 11) is 3.52. The van der Waals surface area contributed by atoms with E-state index >= 15 is 0 Å². The topological polar surface area (TPSA) is 52.8 Å². The molecule has 0 saturated heterocycles. The standard InChI is InChI=1S/C15H14N4O/c1-19-14(12-5-6-15(20-2)17-10-12)8-13(18-19)11-4-3-7-16-9-11/h3-10H,1-2H3. The molecule has 0 saturated carbocycles. The molecule has 3 aromatic heterocycles. The van der Waals surface area contributed by atoms with Crippen LogP contribution >= 0.6 is 0 Å². The van der Waals surface area contributed by atoms with Crippen LogP contribution in [0.5, 0.6) is 5.88 Å². The summed E-state index contributed by atoms with van der Waals surface area (Å²) >= 11 is 0. The number of hydrogen-bond acceptors (Lipinski definition) is 4. The van der Waals surface area contributed by atoms with Crippen molar-refractivity contribution >= 4 is 0 Å². The number of pyridine rings is 2. The Kier molecular flexibility index (Phi) is 3.16. The van der Waals surface area contributed by atoms with Gasteiger partial charge in [-0.25, -0.2) is 4.98 Å². The van der Waals surface area contributed by atoms with Crippen molar-refractivity contribution in [2.24, 2.45) is 7.05 Å². The molecule has 0 atom stereocenters. The number of rotatable bonds is 3. The Balaban J connectivity index is 2.00. The second-order valence-corrected chi connectivity index (χ2v) is 4.37. The van der Waals surface area contributed by atoms with Gasteiger partial charge in [-0.1, -0.05) is 0 Å². The summed E-state index contributed by atoms with van der Waals surface area (Å²) in [5, 5.41) is 4.52. The number of aromatic nitrogens is 4. The van der Waals surface area contributed by atoms with Crippen molar-refractivity contribution in [1.29, 1.82) is 0 Å². The second-order valence-electron chi connectivity index (χ2n) is 4.37. The van der Waals surface area contributed by atoms with Crippen LogP contribution in [0.4, 0.5) is 0 Å². The van der Waals surface area contributed by atoms with Gasteiger partial charge in [-0.15, -0.1) is 0 Å². The summed E-state index contributed by atoms with van der Waals surface area (Å²) < 4.78 is 6.91. The van der Waals surface area contributed by atoms with Crippen LogP contribution in [-0.4, -0.2) is 26.9 Å². The maximum atomic E-state index is 5.07. The lowest BCUT2D eigenvalue weighted by atomic mass is 10.1. The van der Waals surface area contributed by atoms with Crippen molar-refractivity contribution in [2.75, 3.05) is 7.11 Å². The van der Waals surface area contributed by atoms with Gasteiger partial charge in [0.25, 0.3) is 0 Å². The molecule has 3 aromatic rings. The van der Waals surface area contributed by atoms with E-state index in [2.05, 4.69) is 15.1 Å². The summed E-state index contributed by atoms with van der Waals surface area (Å²) in [6.07, 6.45) is 5.34. The highest BCUT2D eigenvalue weighted by atomic mass is 16.5. The number of hydrogen-bond donors (Lipinski definition) is 0. The van der Waals surface area contributed by atoms with E-state index in [0.717, 1.165) is 22.5 Å². The van der Waals surface area contributed by atoms with Crippen LogP contribution in [0.2, 0.25) is 0 Å². The van der Waals surface area contributed by atoms with Crippen molar-refractivity contribution in [3.05, 3.63) is 48.9 Å². The van der Waals surface area contributed by atoms with Crippen LogP contribution in [-0.2, 0) is 7.05 Å². The molecule has 5 heteroatoms. The Bertz CT molecular complexity index is 704. The molecule has 0 aromatic carbocycles. The van der Waals surface area contributed by atoms with Crippen LogP contribution in [0.1, 0.15) is 0 Å². The number of ether oxygens (including phenoxy) is 1. The molecule has 0 amide bonds. The summed E-state index contributed by atoms with van der Waals surface area (Å²) in [6, 6.07) is 9.73. The molecule has 0 fully saturated rings. The molecule has 0 radical (unpaired) electrons. The zero-order valence-electron chi connectivity index (χ0n) is 11.3. The third-order valence-corrected chi connectivity index (χ3v) is 3.08. The van der Waals surface area contributed by atoms with E-state index in [0.29, 0.717) is 5.88 Å². The Morgan fingerprint density at radius 3 is 2.65 bits per heavy atom. The monoisotopic (exact) mass is 266 g/mol. The molecule has 3 heterocycles. The van der Waals surface area contributed by atoms with Gasteiger partial charge in [0.1, 0.15) is 0 Å². The molecule has 0 aliphatic heterocycles. The first kappa shape index (κ1) is 12.3. The average molecular weight is 266 g/mol. The SMILES string of the molecule is COc1ccc(-c2cc(-c3cccnc3)nn2C)cn1. The minimum absolute atomic E-state index is 0.600. The smallest absolute Gasteiger partial charge is 0.212 e. The average Bonchev–Trinajstić information content (AvgIpc) is 2.90. The molecule has 20 heavy (non-hydrogen) atoms. The first-order chi connectivity index (χ1) is 9.78. The Morgan fingerprint density at radius 2 is 2.00 bits per heavy atom. The fourth-order valence-electron chi connectivity index (χ4n) is 2.05. The van der Waals surface area contributed by atoms with Crippen LogP contribution in [0.3, 0.4) is 0 Å². The van der Waals surface area contributed by atoms with Gasteiger partial charge in [0.05, 0.1) is 18.5 Å². The highest BCUT2D eigenvalue weighted by molar-refractivity contribution is 5.67. The van der Waals surface area contributed by atoms with E-state index in [1.807, 2.05) is 42.1 Å². The van der Waals surface area contributed by atoms with E-state index in [9.17, 15) is 0 Å². The molecule has 0 aliphatic carbocycles. The largest absolute Gasteiger partial charge is 0.481 e. The van der Waals surface area contributed by atoms with Crippen LogP contribution in [0.15, 0.2) is 48.9 Å². The van der Waals surface area contributed by atoms with Gasteiger partial charge in [-0.3, -0.25) is 9.67 Å². The molecule has 3 rings (SSSR count). The van der Waals surface area contributed by atoms with Gasteiger partial charge < -0.3 is 4.74 Å². The highest BCUT2D eigenvalue weighted by Gasteiger charge is 2.09. The lowest BCUT2D eigenvalue weighted by Gasteiger charge is -2.02. The van der Waals surface area contributed by atoms with Gasteiger partial charge in [0.2, 0.25) is 5.88 Å². The first-order valence-electron chi connectivity index (χ1n) is 6.23. The van der Waals surface area contributed by atoms with Gasteiger partial charge in [-0.2, -0.15) is 5.10 Å². The predicted octanol–water partition coefficient (Wildman–Crippen LogP) is 2.55. The highest BCUT2D eigenvalue weighted by Crippen LogP contribution is 2.25. The number of methoxy groups -OCH3 is 1. The van der Waals surface area contributed by atoms with Crippen LogP contribution in [0.25, 0.3) is 22.5 Å². The molecule has 0 N–H and O–H groups in total. The maximum absolute atomic E-state index is 5.07. The summed E-state index contributed by atoms with van der Waals surface area (Å²) in [5.41, 5.74) is 3.89. The second kappa shape index (κ2) is 5.13. The Labute approximate surface area is 116 Å².